The zero-order chi connectivity index (χ0) is 29.6. The number of carbonyl (C=O) groups excluding carboxylic acids is 2. The molecule has 3 aromatic carbocycles. The van der Waals surface area contributed by atoms with E-state index in [0.717, 1.165) is 11.3 Å². The summed E-state index contributed by atoms with van der Waals surface area (Å²) in [6, 6.07) is 21.5. The fourth-order valence-corrected chi connectivity index (χ4v) is 5.16. The van der Waals surface area contributed by atoms with Crippen molar-refractivity contribution in [1.29, 1.82) is 0 Å². The van der Waals surface area contributed by atoms with Gasteiger partial charge in [-0.25, -0.2) is 0 Å². The number of hydrogen-bond donors (Lipinski definition) is 1. The van der Waals surface area contributed by atoms with Crippen molar-refractivity contribution in [1.82, 2.24) is 4.90 Å². The molecule has 0 atom stereocenters. The summed E-state index contributed by atoms with van der Waals surface area (Å²) in [7, 11) is 3.12. The minimum Gasteiger partial charge on any atom is -0.497 e. The van der Waals surface area contributed by atoms with Gasteiger partial charge in [-0.05, 0) is 72.8 Å². The highest BCUT2D eigenvalue weighted by molar-refractivity contribution is 6.36. The average Bonchev–Trinajstić information content (AvgIpc) is 3.48. The second kappa shape index (κ2) is 13.1. The van der Waals surface area contributed by atoms with Gasteiger partial charge in [-0.1, -0.05) is 23.2 Å². The van der Waals surface area contributed by atoms with Gasteiger partial charge in [0.15, 0.2) is 0 Å². The van der Waals surface area contributed by atoms with E-state index in [-0.39, 0.29) is 11.8 Å². The molecule has 8 nitrogen and oxygen atoms in total. The van der Waals surface area contributed by atoms with Gasteiger partial charge in [0, 0.05) is 65.8 Å². The van der Waals surface area contributed by atoms with E-state index in [1.54, 1.807) is 68.8 Å². The van der Waals surface area contributed by atoms with Crippen LogP contribution in [-0.4, -0.2) is 57.1 Å². The highest BCUT2D eigenvalue weighted by Crippen LogP contribution is 2.32. The van der Waals surface area contributed by atoms with Crippen LogP contribution in [0.25, 0.3) is 17.4 Å². The first-order valence-electron chi connectivity index (χ1n) is 13.2. The van der Waals surface area contributed by atoms with Crippen LogP contribution in [0.1, 0.15) is 16.1 Å². The van der Waals surface area contributed by atoms with Crippen molar-refractivity contribution in [2.45, 2.75) is 0 Å². The molecule has 0 aliphatic carbocycles. The van der Waals surface area contributed by atoms with Crippen molar-refractivity contribution >= 4 is 52.5 Å². The molecule has 2 amide bonds. The molecule has 0 radical (unpaired) electrons. The molecule has 216 valence electrons. The maximum absolute atomic E-state index is 13.1. The summed E-state index contributed by atoms with van der Waals surface area (Å²) in [6.45, 7) is 2.54. The van der Waals surface area contributed by atoms with E-state index in [2.05, 4.69) is 10.2 Å². The van der Waals surface area contributed by atoms with Crippen LogP contribution in [0.5, 0.6) is 11.5 Å². The molecule has 0 spiro atoms. The summed E-state index contributed by atoms with van der Waals surface area (Å²) in [4.78, 5) is 29.6. The second-order valence-corrected chi connectivity index (χ2v) is 10.4. The minimum atomic E-state index is -0.286. The Labute approximate surface area is 254 Å². The largest absolute Gasteiger partial charge is 0.497 e. The lowest BCUT2D eigenvalue weighted by atomic mass is 10.1. The number of methoxy groups -OCH3 is 2. The number of amides is 2. The number of ether oxygens (including phenoxy) is 2. The lowest BCUT2D eigenvalue weighted by Gasteiger charge is -2.36. The van der Waals surface area contributed by atoms with E-state index in [0.29, 0.717) is 70.5 Å². The third-order valence-corrected chi connectivity index (χ3v) is 7.44. The van der Waals surface area contributed by atoms with Crippen LogP contribution in [0.2, 0.25) is 10.0 Å². The SMILES string of the molecule is COc1cc(OC)cc(C(=O)N2CCN(c3ccc(NC(=O)/C=C/c4ccc(-c5ccc(Cl)cc5Cl)o4)cc3)CC2)c1. The number of piperazine rings is 1. The molecular formula is C32H29Cl2N3O5. The molecular weight excluding hydrogens is 577 g/mol. The molecule has 1 aliphatic heterocycles. The zero-order valence-electron chi connectivity index (χ0n) is 23.1. The summed E-state index contributed by atoms with van der Waals surface area (Å²) < 4.78 is 16.4. The van der Waals surface area contributed by atoms with Crippen molar-refractivity contribution < 1.29 is 23.5 Å². The Morgan fingerprint density at radius 1 is 0.857 bits per heavy atom. The van der Waals surface area contributed by atoms with Gasteiger partial charge in [-0.15, -0.1) is 0 Å². The van der Waals surface area contributed by atoms with Gasteiger partial charge in [0.2, 0.25) is 5.91 Å². The second-order valence-electron chi connectivity index (χ2n) is 9.58. The first-order valence-corrected chi connectivity index (χ1v) is 14.0. The monoisotopic (exact) mass is 605 g/mol. The van der Waals surface area contributed by atoms with Crippen molar-refractivity contribution in [3.8, 4) is 22.8 Å². The Bertz CT molecular complexity index is 1590. The van der Waals surface area contributed by atoms with E-state index in [1.165, 1.54) is 6.08 Å². The molecule has 1 aromatic heterocycles. The molecule has 1 fully saturated rings. The molecule has 42 heavy (non-hydrogen) atoms. The minimum absolute atomic E-state index is 0.0579. The summed E-state index contributed by atoms with van der Waals surface area (Å²) in [6.07, 6.45) is 3.01. The lowest BCUT2D eigenvalue weighted by molar-refractivity contribution is -0.111. The number of nitrogens with one attached hydrogen (secondary N) is 1. The molecule has 4 aromatic rings. The van der Waals surface area contributed by atoms with Gasteiger partial charge in [0.1, 0.15) is 23.0 Å². The van der Waals surface area contributed by atoms with Gasteiger partial charge in [-0.2, -0.15) is 0 Å². The van der Waals surface area contributed by atoms with Crippen LogP contribution in [0.3, 0.4) is 0 Å². The van der Waals surface area contributed by atoms with Crippen molar-refractivity contribution in [2.75, 3.05) is 50.6 Å². The van der Waals surface area contributed by atoms with E-state index < -0.39 is 0 Å². The van der Waals surface area contributed by atoms with Crippen LogP contribution >= 0.6 is 23.2 Å². The predicted molar refractivity (Wildman–Crippen MR) is 166 cm³/mol. The Morgan fingerprint density at radius 2 is 1.55 bits per heavy atom. The zero-order valence-corrected chi connectivity index (χ0v) is 24.6. The van der Waals surface area contributed by atoms with Gasteiger partial charge in [-0.3, -0.25) is 9.59 Å². The van der Waals surface area contributed by atoms with Crippen LogP contribution in [0.15, 0.2) is 83.3 Å². The van der Waals surface area contributed by atoms with Crippen LogP contribution in [-0.2, 0) is 4.79 Å². The number of benzene rings is 3. The molecule has 0 bridgehead atoms. The van der Waals surface area contributed by atoms with Gasteiger partial charge >= 0.3 is 0 Å². The number of nitrogens with zero attached hydrogens (tertiary/aromatic N) is 2. The number of rotatable bonds is 8. The van der Waals surface area contributed by atoms with Crippen molar-refractivity contribution in [2.24, 2.45) is 0 Å². The Morgan fingerprint density at radius 3 is 2.19 bits per heavy atom. The summed E-state index contributed by atoms with van der Waals surface area (Å²) in [5.41, 5.74) is 2.94. The van der Waals surface area contributed by atoms with Gasteiger partial charge in [0.25, 0.3) is 5.91 Å². The smallest absolute Gasteiger partial charge is 0.254 e. The fraction of sp³-hybridized carbons (Fsp3) is 0.188. The first kappa shape index (κ1) is 29.1. The van der Waals surface area contributed by atoms with Gasteiger partial charge < -0.3 is 29.0 Å². The highest BCUT2D eigenvalue weighted by Gasteiger charge is 2.23. The molecule has 1 aliphatic rings. The number of hydrogen-bond acceptors (Lipinski definition) is 6. The lowest BCUT2D eigenvalue weighted by Crippen LogP contribution is -2.48. The number of carbonyl (C=O) groups is 2. The normalized spacial score (nSPS) is 13.3. The topological polar surface area (TPSA) is 84.3 Å². The maximum Gasteiger partial charge on any atom is 0.254 e. The molecule has 0 saturated carbocycles. The third kappa shape index (κ3) is 6.90. The van der Waals surface area contributed by atoms with Crippen molar-refractivity contribution in [3.63, 3.8) is 0 Å². The van der Waals surface area contributed by atoms with Crippen LogP contribution in [0.4, 0.5) is 11.4 Å². The fourth-order valence-electron chi connectivity index (χ4n) is 4.66. The molecule has 5 rings (SSSR count). The molecule has 0 unspecified atom stereocenters. The van der Waals surface area contributed by atoms with Crippen LogP contribution in [0, 0.1) is 0 Å². The highest BCUT2D eigenvalue weighted by atomic mass is 35.5. The summed E-state index contributed by atoms with van der Waals surface area (Å²) in [5.74, 6) is 1.91. The maximum atomic E-state index is 13.1. The van der Waals surface area contributed by atoms with Crippen LogP contribution < -0.4 is 19.7 Å². The van der Waals surface area contributed by atoms with E-state index in [4.69, 9.17) is 37.1 Å². The van der Waals surface area contributed by atoms with Gasteiger partial charge in [0.05, 0.1) is 19.2 Å². The first-order chi connectivity index (χ1) is 20.3. The van der Waals surface area contributed by atoms with E-state index >= 15 is 0 Å². The standard InChI is InChI=1S/C32H29Cl2N3O5/c1-40-26-17-21(18-27(20-26)41-2)32(39)37-15-13-36(14-16-37)24-6-4-23(5-7-24)35-31(38)12-9-25-8-11-30(42-25)28-10-3-22(33)19-29(28)34/h3-12,17-20H,13-16H2,1-2H3,(H,35,38)/b12-9+. The number of anilines is 2. The van der Waals surface area contributed by atoms with E-state index in [9.17, 15) is 9.59 Å². The number of furan rings is 1. The Kier molecular flexibility index (Phi) is 9.05. The molecule has 2 heterocycles. The quantitative estimate of drug-likeness (QED) is 0.220. The third-order valence-electron chi connectivity index (χ3n) is 6.89. The molecule has 1 saturated heterocycles. The number of halogens is 2. The Balaban J connectivity index is 1.13. The Hall–Kier alpha value is -4.40. The molecule has 1 N–H and O–H groups in total. The summed E-state index contributed by atoms with van der Waals surface area (Å²) >= 11 is 12.2. The predicted octanol–water partition coefficient (Wildman–Crippen LogP) is 6.88. The average molecular weight is 607 g/mol. The summed E-state index contributed by atoms with van der Waals surface area (Å²) in [5, 5.41) is 3.89. The van der Waals surface area contributed by atoms with E-state index in [1.807, 2.05) is 29.2 Å². The van der Waals surface area contributed by atoms with Crippen molar-refractivity contribution in [3.05, 3.63) is 100 Å². The molecule has 10 heteroatoms.